The summed E-state index contributed by atoms with van der Waals surface area (Å²) in [5.74, 6) is 0. The van der Waals surface area contributed by atoms with Crippen molar-refractivity contribution in [1.82, 2.24) is 12.9 Å². The van der Waals surface area contributed by atoms with Gasteiger partial charge < -0.3 is 4.74 Å². The average molecular weight is 662 g/mol. The van der Waals surface area contributed by atoms with Gasteiger partial charge in [-0.15, -0.1) is 0 Å². The van der Waals surface area contributed by atoms with Crippen LogP contribution >= 0.6 is 0 Å². The monoisotopic (exact) mass is 661 g/mol. The second-order valence-electron chi connectivity index (χ2n) is 11.5. The second kappa shape index (κ2) is 13.0. The molecule has 2 aliphatic heterocycles. The maximum Gasteiger partial charge on any atom is 0.243 e. The topological polar surface area (TPSA) is 121 Å². The van der Waals surface area contributed by atoms with E-state index in [-0.39, 0.29) is 54.0 Å². The smallest absolute Gasteiger partial charge is 0.243 e. The largest absolute Gasteiger partial charge is 0.372 e. The molecule has 2 fully saturated rings. The Labute approximate surface area is 261 Å². The molecule has 5 rings (SSSR count). The molecule has 0 radical (unpaired) electrons. The first-order chi connectivity index (χ1) is 20.8. The zero-order valence-electron chi connectivity index (χ0n) is 25.2. The highest BCUT2D eigenvalue weighted by Crippen LogP contribution is 2.28. The minimum atomic E-state index is -4.10. The van der Waals surface area contributed by atoms with Crippen molar-refractivity contribution in [2.45, 2.75) is 60.5 Å². The summed E-state index contributed by atoms with van der Waals surface area (Å²) >= 11 is 0. The van der Waals surface area contributed by atoms with Gasteiger partial charge in [0.15, 0.2) is 0 Å². The Morgan fingerprint density at radius 1 is 0.477 bits per heavy atom. The lowest BCUT2D eigenvalue weighted by Gasteiger charge is -2.32. The predicted molar refractivity (Wildman–Crippen MR) is 168 cm³/mol. The number of ether oxygens (including phenoxy) is 1. The van der Waals surface area contributed by atoms with Gasteiger partial charge in [0, 0.05) is 39.3 Å². The Balaban J connectivity index is 1.52. The zero-order chi connectivity index (χ0) is 31.7. The van der Waals surface area contributed by atoms with Crippen LogP contribution in [0, 0.1) is 20.8 Å². The van der Waals surface area contributed by atoms with E-state index in [1.54, 1.807) is 60.7 Å². The van der Waals surface area contributed by atoms with Gasteiger partial charge in [-0.1, -0.05) is 53.1 Å². The van der Waals surface area contributed by atoms with Gasteiger partial charge in [0.05, 0.1) is 26.9 Å². The lowest BCUT2D eigenvalue weighted by Crippen LogP contribution is -2.48. The van der Waals surface area contributed by atoms with Gasteiger partial charge in [-0.25, -0.2) is 25.3 Å². The Morgan fingerprint density at radius 3 is 1.07 bits per heavy atom. The van der Waals surface area contributed by atoms with E-state index in [4.69, 9.17) is 4.74 Å². The Hall–Kier alpha value is -2.65. The Morgan fingerprint density at radius 2 is 0.750 bits per heavy atom. The number of hydrogen-bond acceptors (Lipinski definition) is 7. The summed E-state index contributed by atoms with van der Waals surface area (Å²) in [6, 6.07) is 19.5. The lowest BCUT2D eigenvalue weighted by atomic mass is 10.2. The van der Waals surface area contributed by atoms with E-state index in [2.05, 4.69) is 0 Å². The summed E-state index contributed by atoms with van der Waals surface area (Å²) in [4.78, 5) is 0.292. The van der Waals surface area contributed by atoms with Gasteiger partial charge in [-0.3, -0.25) is 0 Å². The second-order valence-corrected chi connectivity index (χ2v) is 17.3. The van der Waals surface area contributed by atoms with Gasteiger partial charge in [0.1, 0.15) is 0 Å². The van der Waals surface area contributed by atoms with Crippen LogP contribution in [0.15, 0.2) is 87.5 Å². The summed E-state index contributed by atoms with van der Waals surface area (Å²) in [6.07, 6.45) is 0.166. The highest BCUT2D eigenvalue weighted by atomic mass is 32.2. The molecule has 44 heavy (non-hydrogen) atoms. The number of hydrogen-bond donors (Lipinski definition) is 0. The molecular formula is C31H39N3O7S3. The van der Waals surface area contributed by atoms with Crippen LogP contribution in [0.2, 0.25) is 0 Å². The van der Waals surface area contributed by atoms with Crippen molar-refractivity contribution in [2.75, 3.05) is 39.3 Å². The normalized spacial score (nSPS) is 21.9. The molecule has 238 valence electrons. The molecule has 3 aromatic rings. The molecule has 3 aromatic carbocycles. The number of nitrogens with zero attached hydrogens (tertiary/aromatic N) is 3. The van der Waals surface area contributed by atoms with Crippen molar-refractivity contribution in [3.8, 4) is 0 Å². The van der Waals surface area contributed by atoms with E-state index >= 15 is 0 Å². The van der Waals surface area contributed by atoms with Crippen molar-refractivity contribution in [2.24, 2.45) is 0 Å². The lowest BCUT2D eigenvalue weighted by molar-refractivity contribution is 0.0240. The highest BCUT2D eigenvalue weighted by Gasteiger charge is 2.38. The third-order valence-corrected chi connectivity index (χ3v) is 13.9. The van der Waals surface area contributed by atoms with Crippen LogP contribution in [0.1, 0.15) is 29.5 Å². The van der Waals surface area contributed by atoms with E-state index < -0.39 is 42.3 Å². The van der Waals surface area contributed by atoms with Crippen molar-refractivity contribution in [3.63, 3.8) is 0 Å². The summed E-state index contributed by atoms with van der Waals surface area (Å²) in [6.45, 7) is 5.04. The molecule has 0 saturated carbocycles. The molecule has 13 heteroatoms. The summed E-state index contributed by atoms with van der Waals surface area (Å²) < 4.78 is 93.2. The van der Waals surface area contributed by atoms with Crippen LogP contribution in [0.4, 0.5) is 0 Å². The van der Waals surface area contributed by atoms with E-state index in [1.165, 1.54) is 25.0 Å². The molecule has 2 aliphatic rings. The van der Waals surface area contributed by atoms with Gasteiger partial charge in [0.25, 0.3) is 0 Å². The van der Waals surface area contributed by atoms with Crippen LogP contribution in [-0.4, -0.2) is 89.6 Å². The number of aryl methyl sites for hydroxylation is 3. The molecule has 2 saturated heterocycles. The minimum Gasteiger partial charge on any atom is -0.372 e. The third-order valence-electron chi connectivity index (χ3n) is 8.18. The van der Waals surface area contributed by atoms with Gasteiger partial charge >= 0.3 is 0 Å². The average Bonchev–Trinajstić information content (AvgIpc) is 3.43. The fourth-order valence-corrected chi connectivity index (χ4v) is 9.85. The van der Waals surface area contributed by atoms with Crippen molar-refractivity contribution in [1.29, 1.82) is 0 Å². The number of fused-ring (bicyclic) bond motifs is 2. The fourth-order valence-electron chi connectivity index (χ4n) is 5.50. The van der Waals surface area contributed by atoms with Gasteiger partial charge in [-0.2, -0.15) is 12.9 Å². The molecule has 0 amide bonds. The van der Waals surface area contributed by atoms with Crippen LogP contribution in [0.25, 0.3) is 0 Å². The predicted octanol–water partition coefficient (Wildman–Crippen LogP) is 3.55. The maximum atomic E-state index is 13.9. The standard InChI is InChI=1S/C31H39N3O7S3/c1-24-4-12-29(13-5-24)42(35,36)32-18-20-33(43(37,38)30-14-6-25(2)7-15-30)22-27-10-11-28(41-27)23-34(21-19-32)44(39,40)31-16-8-26(3)9-17-31/h4-9,12-17,27-28H,10-11,18-23H2,1-3H3. The summed E-state index contributed by atoms with van der Waals surface area (Å²) in [7, 11) is -12.1. The fraction of sp³-hybridized carbons (Fsp3) is 0.419. The third kappa shape index (κ3) is 7.09. The minimum absolute atomic E-state index is 0.0237. The molecule has 2 heterocycles. The van der Waals surface area contributed by atoms with Crippen LogP contribution < -0.4 is 0 Å². The molecule has 2 unspecified atom stereocenters. The molecule has 10 nitrogen and oxygen atoms in total. The molecule has 2 bridgehead atoms. The Bertz CT molecular complexity index is 1680. The molecule has 0 aromatic heterocycles. The van der Waals surface area contributed by atoms with E-state index in [0.717, 1.165) is 16.7 Å². The quantitative estimate of drug-likeness (QED) is 0.396. The first-order valence-electron chi connectivity index (χ1n) is 14.6. The number of sulfonamides is 3. The number of rotatable bonds is 6. The SMILES string of the molecule is Cc1ccc(S(=O)(=O)N2CCN(S(=O)(=O)c3ccc(C)cc3)CC3CCC(CN(S(=O)(=O)c4ccc(C)cc4)CC2)O3)cc1. The molecule has 0 aliphatic carbocycles. The van der Waals surface area contributed by atoms with E-state index in [1.807, 2.05) is 20.8 Å². The first kappa shape index (κ1) is 32.7. The molecule has 0 spiro atoms. The molecular weight excluding hydrogens is 623 g/mol. The van der Waals surface area contributed by atoms with Crippen molar-refractivity contribution >= 4 is 30.1 Å². The first-order valence-corrected chi connectivity index (χ1v) is 18.9. The van der Waals surface area contributed by atoms with Crippen LogP contribution in [-0.2, 0) is 34.8 Å². The molecule has 0 N–H and O–H groups in total. The zero-order valence-corrected chi connectivity index (χ0v) is 27.6. The molecule has 2 atom stereocenters. The highest BCUT2D eigenvalue weighted by molar-refractivity contribution is 7.89. The maximum absolute atomic E-state index is 13.9. The van der Waals surface area contributed by atoms with Gasteiger partial charge in [-0.05, 0) is 70.0 Å². The van der Waals surface area contributed by atoms with Crippen LogP contribution in [0.3, 0.4) is 0 Å². The summed E-state index contributed by atoms with van der Waals surface area (Å²) in [5.41, 5.74) is 2.72. The Kier molecular flexibility index (Phi) is 9.66. The van der Waals surface area contributed by atoms with Gasteiger partial charge in [0.2, 0.25) is 30.1 Å². The summed E-state index contributed by atoms with van der Waals surface area (Å²) in [5, 5.41) is 0. The van der Waals surface area contributed by atoms with Crippen molar-refractivity contribution < 1.29 is 30.0 Å². The van der Waals surface area contributed by atoms with E-state index in [0.29, 0.717) is 12.8 Å². The number of benzene rings is 3. The van der Waals surface area contributed by atoms with Crippen molar-refractivity contribution in [3.05, 3.63) is 89.5 Å². The van der Waals surface area contributed by atoms with Crippen LogP contribution in [0.5, 0.6) is 0 Å². The van der Waals surface area contributed by atoms with E-state index in [9.17, 15) is 25.3 Å².